The van der Waals surface area contributed by atoms with Gasteiger partial charge in [-0.15, -0.1) is 0 Å². The summed E-state index contributed by atoms with van der Waals surface area (Å²) in [5.74, 6) is -2.10. The molecule has 1 aliphatic rings. The van der Waals surface area contributed by atoms with Gasteiger partial charge < -0.3 is 5.11 Å². The van der Waals surface area contributed by atoms with Crippen molar-refractivity contribution in [2.24, 2.45) is 0 Å². The van der Waals surface area contributed by atoms with E-state index in [4.69, 9.17) is 0 Å². The Hall–Kier alpha value is -1.82. The highest BCUT2D eigenvalue weighted by atomic mass is 19.2. The molecule has 0 atom stereocenters. The fraction of sp³-hybridized carbons (Fsp3) is 0.467. The highest BCUT2D eigenvalue weighted by Crippen LogP contribution is 2.29. The molecule has 0 radical (unpaired) electrons. The molecular formula is C15H16F2N2O2. The maximum Gasteiger partial charge on any atom is 0.261 e. The van der Waals surface area contributed by atoms with Crippen LogP contribution in [0.2, 0.25) is 0 Å². The summed E-state index contributed by atoms with van der Waals surface area (Å²) < 4.78 is 27.7. The summed E-state index contributed by atoms with van der Waals surface area (Å²) in [6.07, 6.45) is 5.48. The van der Waals surface area contributed by atoms with Gasteiger partial charge in [-0.3, -0.25) is 9.36 Å². The lowest BCUT2D eigenvalue weighted by Crippen LogP contribution is -2.39. The smallest absolute Gasteiger partial charge is 0.261 e. The summed E-state index contributed by atoms with van der Waals surface area (Å²) in [7, 11) is 0. The Morgan fingerprint density at radius 1 is 1.19 bits per heavy atom. The molecule has 1 heterocycles. The summed E-state index contributed by atoms with van der Waals surface area (Å²) in [4.78, 5) is 16.3. The van der Waals surface area contributed by atoms with Crippen molar-refractivity contribution in [3.63, 3.8) is 0 Å². The highest BCUT2D eigenvalue weighted by molar-refractivity contribution is 5.77. The van der Waals surface area contributed by atoms with E-state index in [-0.39, 0.29) is 17.4 Å². The van der Waals surface area contributed by atoms with Crippen molar-refractivity contribution in [2.75, 3.05) is 0 Å². The molecule has 0 unspecified atom stereocenters. The molecule has 21 heavy (non-hydrogen) atoms. The average Bonchev–Trinajstić information content (AvgIpc) is 2.45. The normalized spacial score (nSPS) is 18.0. The number of rotatable bonds is 2. The van der Waals surface area contributed by atoms with E-state index in [1.54, 1.807) is 0 Å². The van der Waals surface area contributed by atoms with E-state index in [1.807, 2.05) is 0 Å². The van der Waals surface area contributed by atoms with Gasteiger partial charge in [-0.05, 0) is 18.9 Å². The summed E-state index contributed by atoms with van der Waals surface area (Å²) in [5, 5.41) is 10.5. The maximum absolute atomic E-state index is 13.3. The minimum absolute atomic E-state index is 0.0239. The highest BCUT2D eigenvalue weighted by Gasteiger charge is 2.30. The van der Waals surface area contributed by atoms with Crippen LogP contribution < -0.4 is 5.56 Å². The van der Waals surface area contributed by atoms with E-state index in [9.17, 15) is 18.7 Å². The zero-order valence-corrected chi connectivity index (χ0v) is 11.5. The molecule has 4 nitrogen and oxygen atoms in total. The Balaban J connectivity index is 2.02. The van der Waals surface area contributed by atoms with Crippen LogP contribution in [-0.4, -0.2) is 20.3 Å². The molecule has 1 aromatic carbocycles. The Bertz CT molecular complexity index is 736. The van der Waals surface area contributed by atoms with Gasteiger partial charge in [0.05, 0.1) is 29.4 Å². The number of aliphatic hydroxyl groups is 1. The molecule has 0 bridgehead atoms. The van der Waals surface area contributed by atoms with Gasteiger partial charge in [0.25, 0.3) is 5.56 Å². The Morgan fingerprint density at radius 3 is 2.57 bits per heavy atom. The molecule has 6 heteroatoms. The number of halogens is 2. The second kappa shape index (κ2) is 5.18. The zero-order valence-electron chi connectivity index (χ0n) is 11.5. The molecule has 112 valence electrons. The number of aromatic nitrogens is 2. The first-order valence-corrected chi connectivity index (χ1v) is 7.05. The first kappa shape index (κ1) is 14.1. The predicted molar refractivity (Wildman–Crippen MR) is 74.0 cm³/mol. The average molecular weight is 294 g/mol. The van der Waals surface area contributed by atoms with Crippen molar-refractivity contribution < 1.29 is 13.9 Å². The number of hydrogen-bond acceptors (Lipinski definition) is 3. The van der Waals surface area contributed by atoms with E-state index < -0.39 is 22.8 Å². The van der Waals surface area contributed by atoms with Gasteiger partial charge in [0, 0.05) is 6.07 Å². The largest absolute Gasteiger partial charge is 0.388 e. The van der Waals surface area contributed by atoms with Crippen molar-refractivity contribution in [2.45, 2.75) is 44.2 Å². The van der Waals surface area contributed by atoms with Crippen molar-refractivity contribution in [3.8, 4) is 0 Å². The van der Waals surface area contributed by atoms with Gasteiger partial charge >= 0.3 is 0 Å². The van der Waals surface area contributed by atoms with E-state index in [2.05, 4.69) is 4.98 Å². The van der Waals surface area contributed by atoms with Crippen molar-refractivity contribution in [1.29, 1.82) is 0 Å². The lowest BCUT2D eigenvalue weighted by molar-refractivity contribution is -0.0123. The van der Waals surface area contributed by atoms with Crippen LogP contribution >= 0.6 is 0 Å². The van der Waals surface area contributed by atoms with Crippen molar-refractivity contribution in [3.05, 3.63) is 40.4 Å². The Morgan fingerprint density at radius 2 is 1.86 bits per heavy atom. The summed E-state index contributed by atoms with van der Waals surface area (Å²) in [6, 6.07) is 1.77. The van der Waals surface area contributed by atoms with Gasteiger partial charge in [-0.2, -0.15) is 0 Å². The lowest BCUT2D eigenvalue weighted by atomic mass is 9.85. The third-order valence-electron chi connectivity index (χ3n) is 4.12. The van der Waals surface area contributed by atoms with Crippen LogP contribution in [0.1, 0.15) is 32.1 Å². The fourth-order valence-corrected chi connectivity index (χ4v) is 2.95. The maximum atomic E-state index is 13.3. The number of benzene rings is 1. The quantitative estimate of drug-likeness (QED) is 0.925. The van der Waals surface area contributed by atoms with E-state index in [1.165, 1.54) is 10.9 Å². The standard InChI is InChI=1S/C15H16F2N2O2/c16-11-6-10-13(7-12(11)17)18-9-19(14(10)20)8-15(21)4-2-1-3-5-15/h6-7,9,21H,1-5,8H2. The number of nitrogens with zero attached hydrogens (tertiary/aromatic N) is 2. The zero-order chi connectivity index (χ0) is 15.0. The van der Waals surface area contributed by atoms with Crippen LogP contribution in [0.5, 0.6) is 0 Å². The molecule has 1 aromatic heterocycles. The first-order chi connectivity index (χ1) is 9.98. The summed E-state index contributed by atoms with van der Waals surface area (Å²) in [6.45, 7) is 0.133. The first-order valence-electron chi connectivity index (χ1n) is 7.05. The third-order valence-corrected chi connectivity index (χ3v) is 4.12. The predicted octanol–water partition coefficient (Wildman–Crippen LogP) is 2.37. The molecule has 0 aliphatic heterocycles. The Kier molecular flexibility index (Phi) is 3.49. The van der Waals surface area contributed by atoms with Gasteiger partial charge in [-0.25, -0.2) is 13.8 Å². The Labute approximate surface area is 120 Å². The minimum Gasteiger partial charge on any atom is -0.388 e. The van der Waals surface area contributed by atoms with Gasteiger partial charge in [0.15, 0.2) is 11.6 Å². The molecular weight excluding hydrogens is 278 g/mol. The van der Waals surface area contributed by atoms with Crippen LogP contribution in [0.3, 0.4) is 0 Å². The van der Waals surface area contributed by atoms with E-state index in [0.717, 1.165) is 31.4 Å². The van der Waals surface area contributed by atoms with Crippen LogP contribution in [0.15, 0.2) is 23.3 Å². The molecule has 0 saturated heterocycles. The number of fused-ring (bicyclic) bond motifs is 1. The summed E-state index contributed by atoms with van der Waals surface area (Å²) >= 11 is 0. The molecule has 3 rings (SSSR count). The monoisotopic (exact) mass is 294 g/mol. The fourth-order valence-electron chi connectivity index (χ4n) is 2.95. The molecule has 1 saturated carbocycles. The second-order valence-corrected chi connectivity index (χ2v) is 5.75. The number of hydrogen-bond donors (Lipinski definition) is 1. The van der Waals surface area contributed by atoms with Gasteiger partial charge in [0.1, 0.15) is 0 Å². The van der Waals surface area contributed by atoms with Gasteiger partial charge in [-0.1, -0.05) is 19.3 Å². The van der Waals surface area contributed by atoms with E-state index in [0.29, 0.717) is 12.8 Å². The van der Waals surface area contributed by atoms with Crippen LogP contribution in [0, 0.1) is 11.6 Å². The molecule has 1 aliphatic carbocycles. The SMILES string of the molecule is O=c1c2cc(F)c(F)cc2ncn1CC1(O)CCCCC1. The van der Waals surface area contributed by atoms with Crippen molar-refractivity contribution >= 4 is 10.9 Å². The molecule has 0 amide bonds. The van der Waals surface area contributed by atoms with Crippen LogP contribution in [0.4, 0.5) is 8.78 Å². The summed E-state index contributed by atoms with van der Waals surface area (Å²) in [5.41, 5.74) is -1.26. The minimum atomic E-state index is -1.07. The third kappa shape index (κ3) is 2.68. The lowest BCUT2D eigenvalue weighted by Gasteiger charge is -2.32. The van der Waals surface area contributed by atoms with Crippen LogP contribution in [-0.2, 0) is 6.54 Å². The van der Waals surface area contributed by atoms with E-state index >= 15 is 0 Å². The van der Waals surface area contributed by atoms with Gasteiger partial charge in [0.2, 0.25) is 0 Å². The topological polar surface area (TPSA) is 55.1 Å². The second-order valence-electron chi connectivity index (χ2n) is 5.75. The molecule has 1 fully saturated rings. The molecule has 2 aromatic rings. The molecule has 1 N–H and O–H groups in total. The van der Waals surface area contributed by atoms with Crippen molar-refractivity contribution in [1.82, 2.24) is 9.55 Å². The molecule has 0 spiro atoms. The van der Waals surface area contributed by atoms with Crippen LogP contribution in [0.25, 0.3) is 10.9 Å².